The first-order chi connectivity index (χ1) is 12.1. The van der Waals surface area contributed by atoms with E-state index in [2.05, 4.69) is 10.5 Å². The second-order valence-electron chi connectivity index (χ2n) is 4.85. The molecule has 132 valence electrons. The third kappa shape index (κ3) is 4.20. The van der Waals surface area contributed by atoms with E-state index in [1.807, 2.05) is 0 Å². The Labute approximate surface area is 146 Å². The molecule has 0 saturated carbocycles. The average Bonchev–Trinajstić information content (AvgIpc) is 2.67. The molecule has 0 heterocycles. The van der Waals surface area contributed by atoms with Gasteiger partial charge in [0, 0.05) is 5.56 Å². The van der Waals surface area contributed by atoms with Crippen molar-refractivity contribution < 1.29 is 23.7 Å². The molecule has 0 spiro atoms. The van der Waals surface area contributed by atoms with Crippen molar-refractivity contribution in [3.8, 4) is 23.0 Å². The highest BCUT2D eigenvalue weighted by Gasteiger charge is 2.11. The molecule has 2 aromatic rings. The van der Waals surface area contributed by atoms with Gasteiger partial charge in [0.25, 0.3) is 5.91 Å². The first kappa shape index (κ1) is 18.1. The van der Waals surface area contributed by atoms with E-state index in [1.165, 1.54) is 20.4 Å². The van der Waals surface area contributed by atoms with Crippen LogP contribution in [0.25, 0.3) is 0 Å². The molecule has 2 aromatic carbocycles. The zero-order valence-electron chi connectivity index (χ0n) is 14.5. The molecule has 0 aliphatic heterocycles. The van der Waals surface area contributed by atoms with Crippen molar-refractivity contribution >= 4 is 12.1 Å². The van der Waals surface area contributed by atoms with Crippen LogP contribution in [0.15, 0.2) is 41.5 Å². The number of rotatable bonds is 7. The summed E-state index contributed by atoms with van der Waals surface area (Å²) in [7, 11) is 6.14. The molecule has 0 aliphatic rings. The summed E-state index contributed by atoms with van der Waals surface area (Å²) in [5, 5.41) is 3.98. The van der Waals surface area contributed by atoms with Gasteiger partial charge in [-0.2, -0.15) is 5.10 Å². The largest absolute Gasteiger partial charge is 0.496 e. The minimum absolute atomic E-state index is 0.383. The van der Waals surface area contributed by atoms with E-state index in [1.54, 1.807) is 50.6 Å². The molecular weight excluding hydrogens is 324 g/mol. The van der Waals surface area contributed by atoms with Gasteiger partial charge in [-0.05, 0) is 30.3 Å². The number of benzene rings is 2. The number of ether oxygens (including phenoxy) is 4. The second-order valence-corrected chi connectivity index (χ2v) is 4.85. The van der Waals surface area contributed by atoms with E-state index in [0.717, 1.165) is 0 Å². The lowest BCUT2D eigenvalue weighted by Gasteiger charge is -2.10. The molecular formula is C18H20N2O5. The number of carbonyl (C=O) groups is 1. The number of hydrogen-bond acceptors (Lipinski definition) is 6. The van der Waals surface area contributed by atoms with Crippen LogP contribution in [-0.4, -0.2) is 40.6 Å². The maximum Gasteiger partial charge on any atom is 0.271 e. The third-order valence-electron chi connectivity index (χ3n) is 3.47. The summed E-state index contributed by atoms with van der Waals surface area (Å²) in [5.74, 6) is 1.80. The van der Waals surface area contributed by atoms with Crippen LogP contribution in [0.4, 0.5) is 0 Å². The number of carbonyl (C=O) groups excluding carboxylic acids is 1. The molecule has 0 radical (unpaired) electrons. The summed E-state index contributed by atoms with van der Waals surface area (Å²) in [6.45, 7) is 0. The van der Waals surface area contributed by atoms with Crippen LogP contribution in [0.1, 0.15) is 15.9 Å². The van der Waals surface area contributed by atoms with Crippen LogP contribution >= 0.6 is 0 Å². The van der Waals surface area contributed by atoms with Crippen molar-refractivity contribution in [3.63, 3.8) is 0 Å². The zero-order valence-corrected chi connectivity index (χ0v) is 14.5. The van der Waals surface area contributed by atoms with Crippen molar-refractivity contribution in [2.24, 2.45) is 5.10 Å². The van der Waals surface area contributed by atoms with Crippen LogP contribution in [0, 0.1) is 0 Å². The standard InChI is InChI=1S/C18H20N2O5/c1-22-14-6-5-7-15(23-2)13(14)11-19-20-18(21)12-8-9-16(24-3)17(10-12)25-4/h5-11H,1-4H3,(H,20,21)/b19-11-. The molecule has 0 saturated heterocycles. The first-order valence-corrected chi connectivity index (χ1v) is 7.41. The SMILES string of the molecule is COc1ccc(C(=O)N/N=C\c2c(OC)cccc2OC)cc1OC. The van der Waals surface area contributed by atoms with Gasteiger partial charge in [0.05, 0.1) is 40.2 Å². The molecule has 25 heavy (non-hydrogen) atoms. The van der Waals surface area contributed by atoms with Crippen molar-refractivity contribution in [3.05, 3.63) is 47.5 Å². The van der Waals surface area contributed by atoms with Gasteiger partial charge in [0.2, 0.25) is 0 Å². The van der Waals surface area contributed by atoms with Gasteiger partial charge in [-0.3, -0.25) is 4.79 Å². The third-order valence-corrected chi connectivity index (χ3v) is 3.47. The first-order valence-electron chi connectivity index (χ1n) is 7.41. The molecule has 2 rings (SSSR count). The Bertz CT molecular complexity index is 752. The summed E-state index contributed by atoms with van der Waals surface area (Å²) in [5.41, 5.74) is 3.48. The van der Waals surface area contributed by atoms with Gasteiger partial charge >= 0.3 is 0 Å². The molecule has 7 heteroatoms. The highest BCUT2D eigenvalue weighted by molar-refractivity contribution is 5.96. The molecule has 0 bridgehead atoms. The molecule has 7 nitrogen and oxygen atoms in total. The van der Waals surface area contributed by atoms with Crippen LogP contribution in [0.5, 0.6) is 23.0 Å². The Morgan fingerprint density at radius 1 is 0.880 bits per heavy atom. The predicted octanol–water partition coefficient (Wildman–Crippen LogP) is 2.48. The van der Waals surface area contributed by atoms with Gasteiger partial charge < -0.3 is 18.9 Å². The molecule has 0 aromatic heterocycles. The second kappa shape index (κ2) is 8.58. The Balaban J connectivity index is 2.16. The average molecular weight is 344 g/mol. The van der Waals surface area contributed by atoms with E-state index in [4.69, 9.17) is 18.9 Å². The number of hydrazone groups is 1. The number of methoxy groups -OCH3 is 4. The smallest absolute Gasteiger partial charge is 0.271 e. The van der Waals surface area contributed by atoms with Gasteiger partial charge in [-0.15, -0.1) is 0 Å². The molecule has 0 unspecified atom stereocenters. The van der Waals surface area contributed by atoms with E-state index in [9.17, 15) is 4.79 Å². The zero-order chi connectivity index (χ0) is 18.2. The summed E-state index contributed by atoms with van der Waals surface area (Å²) in [4.78, 5) is 12.2. The fourth-order valence-electron chi connectivity index (χ4n) is 2.20. The van der Waals surface area contributed by atoms with Crippen molar-refractivity contribution in [2.75, 3.05) is 28.4 Å². The number of amides is 1. The maximum absolute atomic E-state index is 12.2. The summed E-state index contributed by atoms with van der Waals surface area (Å²) >= 11 is 0. The lowest BCUT2D eigenvalue weighted by Crippen LogP contribution is -2.17. The normalized spacial score (nSPS) is 10.4. The van der Waals surface area contributed by atoms with E-state index in [0.29, 0.717) is 34.1 Å². The predicted molar refractivity (Wildman–Crippen MR) is 94.2 cm³/mol. The Hall–Kier alpha value is -3.22. The van der Waals surface area contributed by atoms with Crippen molar-refractivity contribution in [1.29, 1.82) is 0 Å². The summed E-state index contributed by atoms with van der Waals surface area (Å²) < 4.78 is 20.9. The quantitative estimate of drug-likeness (QED) is 0.617. The number of nitrogens with zero attached hydrogens (tertiary/aromatic N) is 1. The number of hydrogen-bond donors (Lipinski definition) is 1. The Morgan fingerprint density at radius 3 is 2.04 bits per heavy atom. The van der Waals surface area contributed by atoms with E-state index < -0.39 is 0 Å². The van der Waals surface area contributed by atoms with Gasteiger partial charge in [0.15, 0.2) is 11.5 Å². The molecule has 0 atom stereocenters. The van der Waals surface area contributed by atoms with Crippen LogP contribution in [0.2, 0.25) is 0 Å². The summed E-state index contributed by atoms with van der Waals surface area (Å²) in [6.07, 6.45) is 1.47. The Kier molecular flexibility index (Phi) is 6.22. The van der Waals surface area contributed by atoms with Gasteiger partial charge in [-0.25, -0.2) is 5.43 Å². The van der Waals surface area contributed by atoms with Crippen LogP contribution in [0.3, 0.4) is 0 Å². The fraction of sp³-hybridized carbons (Fsp3) is 0.222. The van der Waals surface area contributed by atoms with E-state index in [-0.39, 0.29) is 5.91 Å². The monoisotopic (exact) mass is 344 g/mol. The molecule has 1 amide bonds. The topological polar surface area (TPSA) is 78.4 Å². The molecule has 1 N–H and O–H groups in total. The highest BCUT2D eigenvalue weighted by atomic mass is 16.5. The highest BCUT2D eigenvalue weighted by Crippen LogP contribution is 2.28. The lowest BCUT2D eigenvalue weighted by molar-refractivity contribution is 0.0954. The van der Waals surface area contributed by atoms with Crippen LogP contribution in [-0.2, 0) is 0 Å². The van der Waals surface area contributed by atoms with Gasteiger partial charge in [0.1, 0.15) is 11.5 Å². The van der Waals surface area contributed by atoms with Gasteiger partial charge in [-0.1, -0.05) is 6.07 Å². The maximum atomic E-state index is 12.2. The minimum atomic E-state index is -0.383. The Morgan fingerprint density at radius 2 is 1.48 bits per heavy atom. The van der Waals surface area contributed by atoms with Crippen LogP contribution < -0.4 is 24.4 Å². The molecule has 0 aliphatic carbocycles. The fourth-order valence-corrected chi connectivity index (χ4v) is 2.20. The van der Waals surface area contributed by atoms with E-state index >= 15 is 0 Å². The minimum Gasteiger partial charge on any atom is -0.496 e. The summed E-state index contributed by atoms with van der Waals surface area (Å²) in [6, 6.07) is 10.2. The molecule has 0 fully saturated rings. The lowest BCUT2D eigenvalue weighted by atomic mass is 10.2. The van der Waals surface area contributed by atoms with Crippen molar-refractivity contribution in [2.45, 2.75) is 0 Å². The van der Waals surface area contributed by atoms with Crippen molar-refractivity contribution in [1.82, 2.24) is 5.43 Å². The number of nitrogens with one attached hydrogen (secondary N) is 1.